The van der Waals surface area contributed by atoms with Crippen LogP contribution in [0.1, 0.15) is 90.9 Å². The van der Waals surface area contributed by atoms with Gasteiger partial charge in [0.1, 0.15) is 13.1 Å². The molecule has 0 heterocycles. The van der Waals surface area contributed by atoms with Gasteiger partial charge in [-0.2, -0.15) is 0 Å². The van der Waals surface area contributed by atoms with Gasteiger partial charge in [0, 0.05) is 0 Å². The van der Waals surface area contributed by atoms with Gasteiger partial charge in [0.25, 0.3) is 0 Å². The maximum Gasteiger partial charge on any atom is 0.361 e. The topological polar surface area (TPSA) is 52.6 Å². The summed E-state index contributed by atoms with van der Waals surface area (Å²) in [6.07, 6.45) is 14.2. The number of esters is 2. The molecule has 0 amide bonds. The SMILES string of the molecule is CCCCCCCCOC(=O)C[N+](C)(C)CC[N+](C)(C)CC(=O)OCCCCCCCC.[Br-].[Br-]. The molecule has 0 aliphatic heterocycles. The molecule has 206 valence electrons. The van der Waals surface area contributed by atoms with E-state index in [1.54, 1.807) is 0 Å². The Bertz CT molecular complexity index is 459. The smallest absolute Gasteiger partial charge is 0.361 e. The summed E-state index contributed by atoms with van der Waals surface area (Å²) >= 11 is 0. The Morgan fingerprint density at radius 1 is 0.529 bits per heavy atom. The zero-order valence-corrected chi connectivity index (χ0v) is 26.2. The van der Waals surface area contributed by atoms with E-state index in [9.17, 15) is 9.59 Å². The van der Waals surface area contributed by atoms with E-state index < -0.39 is 0 Å². The summed E-state index contributed by atoms with van der Waals surface area (Å²) in [6, 6.07) is 0. The highest BCUT2D eigenvalue weighted by atomic mass is 79.9. The van der Waals surface area contributed by atoms with Gasteiger partial charge in [-0.15, -0.1) is 0 Å². The lowest BCUT2D eigenvalue weighted by Gasteiger charge is -2.34. The van der Waals surface area contributed by atoms with Gasteiger partial charge in [0.2, 0.25) is 0 Å². The average molecular weight is 619 g/mol. The molecule has 0 radical (unpaired) electrons. The minimum Gasteiger partial charge on any atom is -1.00 e. The number of unbranched alkanes of at least 4 members (excludes halogenated alkanes) is 10. The summed E-state index contributed by atoms with van der Waals surface area (Å²) in [5.41, 5.74) is 0. The number of ether oxygens (including phenoxy) is 2. The van der Waals surface area contributed by atoms with Crippen LogP contribution in [0.2, 0.25) is 0 Å². The molecular formula is C26H54Br2N2O4. The first-order valence-corrected chi connectivity index (χ1v) is 13.1. The second-order valence-corrected chi connectivity index (χ2v) is 10.6. The molecule has 0 atom stereocenters. The fourth-order valence-corrected chi connectivity index (χ4v) is 3.63. The van der Waals surface area contributed by atoms with Crippen LogP contribution in [-0.4, -0.2) is 88.5 Å². The monoisotopic (exact) mass is 616 g/mol. The Morgan fingerprint density at radius 2 is 0.824 bits per heavy atom. The van der Waals surface area contributed by atoms with Crippen LogP contribution < -0.4 is 34.0 Å². The molecule has 0 aromatic rings. The number of carbonyl (C=O) groups excluding carboxylic acids is 2. The molecule has 0 aliphatic carbocycles. The predicted octanol–water partition coefficient (Wildman–Crippen LogP) is -1.05. The van der Waals surface area contributed by atoms with Gasteiger partial charge in [-0.05, 0) is 12.8 Å². The minimum atomic E-state index is -0.132. The first-order chi connectivity index (χ1) is 15.1. The molecule has 0 bridgehead atoms. The van der Waals surface area contributed by atoms with Crippen molar-refractivity contribution in [2.45, 2.75) is 90.9 Å². The maximum atomic E-state index is 12.2. The van der Waals surface area contributed by atoms with E-state index in [-0.39, 0.29) is 45.9 Å². The number of halogens is 2. The molecular weight excluding hydrogens is 564 g/mol. The molecule has 0 saturated carbocycles. The molecule has 0 spiro atoms. The van der Waals surface area contributed by atoms with Gasteiger partial charge >= 0.3 is 11.9 Å². The number of hydrogen-bond acceptors (Lipinski definition) is 4. The fraction of sp³-hybridized carbons (Fsp3) is 0.923. The lowest BCUT2D eigenvalue weighted by molar-refractivity contribution is -0.939. The molecule has 0 aromatic heterocycles. The summed E-state index contributed by atoms with van der Waals surface area (Å²) in [6.45, 7) is 7.79. The first-order valence-electron chi connectivity index (χ1n) is 13.1. The number of nitrogens with zero attached hydrogens (tertiary/aromatic N) is 2. The van der Waals surface area contributed by atoms with Crippen LogP contribution in [0.25, 0.3) is 0 Å². The molecule has 0 aliphatic rings. The summed E-state index contributed by atoms with van der Waals surface area (Å²) < 4.78 is 12.0. The molecule has 0 fully saturated rings. The maximum absolute atomic E-state index is 12.2. The van der Waals surface area contributed by atoms with Gasteiger partial charge in [0.15, 0.2) is 13.1 Å². The van der Waals surface area contributed by atoms with Crippen LogP contribution in [-0.2, 0) is 19.1 Å². The zero-order valence-electron chi connectivity index (χ0n) is 23.0. The van der Waals surface area contributed by atoms with Gasteiger partial charge in [-0.25, -0.2) is 9.59 Å². The molecule has 6 nitrogen and oxygen atoms in total. The Balaban J connectivity index is -0.00000480. The van der Waals surface area contributed by atoms with Crippen molar-refractivity contribution < 1.29 is 62.0 Å². The standard InChI is InChI=1S/C26H54N2O4.2BrH/c1-7-9-11-13-15-17-21-31-25(29)23-27(3,4)19-20-28(5,6)24-26(30)32-22-18-16-14-12-10-8-2;;/h7-24H2,1-6H3;2*1H/q+2;;/p-2. The molecule has 0 aromatic carbocycles. The minimum absolute atomic E-state index is 0. The molecule has 8 heteroatoms. The Morgan fingerprint density at radius 3 is 1.15 bits per heavy atom. The Hall–Kier alpha value is -0.180. The molecule has 34 heavy (non-hydrogen) atoms. The van der Waals surface area contributed by atoms with Crippen molar-refractivity contribution in [2.75, 3.05) is 67.6 Å². The Kier molecular flexibility index (Phi) is 26.2. The van der Waals surface area contributed by atoms with Crippen LogP contribution in [0, 0.1) is 0 Å². The average Bonchev–Trinajstić information content (AvgIpc) is 2.70. The highest BCUT2D eigenvalue weighted by Crippen LogP contribution is 2.08. The lowest BCUT2D eigenvalue weighted by atomic mass is 10.1. The number of rotatable bonds is 21. The zero-order chi connectivity index (χ0) is 24.3. The van der Waals surface area contributed by atoms with Crippen molar-refractivity contribution in [3.63, 3.8) is 0 Å². The Labute approximate surface area is 231 Å². The quantitative estimate of drug-likeness (QED) is 0.0938. The predicted molar refractivity (Wildman–Crippen MR) is 132 cm³/mol. The van der Waals surface area contributed by atoms with E-state index >= 15 is 0 Å². The van der Waals surface area contributed by atoms with Crippen LogP contribution >= 0.6 is 0 Å². The summed E-state index contributed by atoms with van der Waals surface area (Å²) in [4.78, 5) is 24.4. The highest BCUT2D eigenvalue weighted by Gasteiger charge is 2.28. The second kappa shape index (κ2) is 23.2. The lowest BCUT2D eigenvalue weighted by Crippen LogP contribution is -3.00. The molecule has 0 rings (SSSR count). The van der Waals surface area contributed by atoms with Crippen molar-refractivity contribution in [3.05, 3.63) is 0 Å². The fourth-order valence-electron chi connectivity index (χ4n) is 3.63. The number of quaternary nitrogens is 2. The van der Waals surface area contributed by atoms with Crippen molar-refractivity contribution in [1.29, 1.82) is 0 Å². The highest BCUT2D eigenvalue weighted by molar-refractivity contribution is 5.70. The number of likely N-dealkylation sites (N-methyl/N-ethyl adjacent to an activating group) is 2. The second-order valence-electron chi connectivity index (χ2n) is 10.6. The van der Waals surface area contributed by atoms with Crippen LogP contribution in [0.5, 0.6) is 0 Å². The molecule has 0 unspecified atom stereocenters. The van der Waals surface area contributed by atoms with Crippen molar-refractivity contribution in [3.8, 4) is 0 Å². The van der Waals surface area contributed by atoms with E-state index in [2.05, 4.69) is 13.8 Å². The van der Waals surface area contributed by atoms with Crippen LogP contribution in [0.3, 0.4) is 0 Å². The summed E-state index contributed by atoms with van der Waals surface area (Å²) in [5, 5.41) is 0. The van der Waals surface area contributed by atoms with E-state index in [1.165, 1.54) is 51.4 Å². The van der Waals surface area contributed by atoms with Gasteiger partial charge in [-0.1, -0.05) is 78.1 Å². The summed E-state index contributed by atoms with van der Waals surface area (Å²) in [5.74, 6) is -0.264. The first kappa shape index (κ1) is 38.4. The van der Waals surface area contributed by atoms with Gasteiger partial charge in [0.05, 0.1) is 41.4 Å². The third-order valence-electron chi connectivity index (χ3n) is 5.95. The van der Waals surface area contributed by atoms with E-state index in [0.717, 1.165) is 38.8 Å². The molecule has 0 N–H and O–H groups in total. The number of carbonyl (C=O) groups is 2. The van der Waals surface area contributed by atoms with Crippen LogP contribution in [0.4, 0.5) is 0 Å². The van der Waals surface area contributed by atoms with Gasteiger partial charge < -0.3 is 52.4 Å². The van der Waals surface area contributed by atoms with Crippen molar-refractivity contribution in [2.24, 2.45) is 0 Å². The van der Waals surface area contributed by atoms with Crippen LogP contribution in [0.15, 0.2) is 0 Å². The van der Waals surface area contributed by atoms with E-state index in [4.69, 9.17) is 9.47 Å². The van der Waals surface area contributed by atoms with Gasteiger partial charge in [-0.3, -0.25) is 0 Å². The van der Waals surface area contributed by atoms with E-state index in [0.29, 0.717) is 35.3 Å². The third-order valence-corrected chi connectivity index (χ3v) is 5.95. The largest absolute Gasteiger partial charge is 1.00 e. The van der Waals surface area contributed by atoms with E-state index in [1.807, 2.05) is 28.2 Å². The number of hydrogen-bond donors (Lipinski definition) is 0. The van der Waals surface area contributed by atoms with Crippen molar-refractivity contribution in [1.82, 2.24) is 0 Å². The third kappa shape index (κ3) is 24.9. The molecule has 0 saturated heterocycles. The summed E-state index contributed by atoms with van der Waals surface area (Å²) in [7, 11) is 8.18. The normalized spacial score (nSPS) is 11.4. The van der Waals surface area contributed by atoms with Crippen molar-refractivity contribution >= 4 is 11.9 Å².